The van der Waals surface area contributed by atoms with Gasteiger partial charge in [-0.15, -0.1) is 5.10 Å². The fourth-order valence-corrected chi connectivity index (χ4v) is 3.86. The number of amides is 1. The number of rotatable bonds is 3. The van der Waals surface area contributed by atoms with Crippen LogP contribution >= 0.6 is 0 Å². The van der Waals surface area contributed by atoms with E-state index in [-0.39, 0.29) is 11.3 Å². The number of methoxy groups -OCH3 is 1. The lowest BCUT2D eigenvalue weighted by atomic mass is 9.86. The number of hydrogen-bond donors (Lipinski definition) is 0. The maximum Gasteiger partial charge on any atom is 0.227 e. The number of nitrogens with zero attached hydrogens (tertiary/aromatic N) is 4. The molecule has 130 valence electrons. The molecule has 2 aromatic rings. The Hall–Kier alpha value is -2.63. The Bertz CT molecular complexity index is 775. The van der Waals surface area contributed by atoms with Crippen molar-refractivity contribution in [3.05, 3.63) is 42.1 Å². The lowest BCUT2D eigenvalue weighted by molar-refractivity contribution is -0.117. The maximum atomic E-state index is 12.6. The SMILES string of the molecule is COc1ccc(N2C[C@@]3(CCN(c4ccc(C)nn4)C3)CC2=O)cc1. The van der Waals surface area contributed by atoms with Gasteiger partial charge in [0, 0.05) is 37.2 Å². The number of hydrogen-bond acceptors (Lipinski definition) is 5. The molecule has 0 aliphatic carbocycles. The molecule has 2 aliphatic heterocycles. The highest BCUT2D eigenvalue weighted by Gasteiger charge is 2.48. The first-order valence-electron chi connectivity index (χ1n) is 8.58. The first kappa shape index (κ1) is 15.9. The molecule has 0 saturated carbocycles. The van der Waals surface area contributed by atoms with Crippen LogP contribution in [0.1, 0.15) is 18.5 Å². The van der Waals surface area contributed by atoms with Crippen LogP contribution in [0.3, 0.4) is 0 Å². The molecule has 4 rings (SSSR count). The van der Waals surface area contributed by atoms with Crippen LogP contribution in [0, 0.1) is 12.3 Å². The molecule has 1 amide bonds. The van der Waals surface area contributed by atoms with E-state index in [1.54, 1.807) is 7.11 Å². The highest BCUT2D eigenvalue weighted by molar-refractivity contribution is 5.96. The molecule has 6 heteroatoms. The molecule has 0 radical (unpaired) electrons. The summed E-state index contributed by atoms with van der Waals surface area (Å²) >= 11 is 0. The second-order valence-electron chi connectivity index (χ2n) is 7.06. The van der Waals surface area contributed by atoms with Crippen LogP contribution in [0.4, 0.5) is 11.5 Å². The van der Waals surface area contributed by atoms with Gasteiger partial charge in [0.2, 0.25) is 5.91 Å². The van der Waals surface area contributed by atoms with Gasteiger partial charge >= 0.3 is 0 Å². The molecule has 2 saturated heterocycles. The van der Waals surface area contributed by atoms with E-state index < -0.39 is 0 Å². The molecule has 1 aromatic carbocycles. The van der Waals surface area contributed by atoms with Gasteiger partial charge in [-0.3, -0.25) is 4.79 Å². The Morgan fingerprint density at radius 2 is 1.88 bits per heavy atom. The van der Waals surface area contributed by atoms with Crippen LogP contribution in [-0.2, 0) is 4.79 Å². The van der Waals surface area contributed by atoms with Gasteiger partial charge in [0.1, 0.15) is 5.75 Å². The number of carbonyl (C=O) groups excluding carboxylic acids is 1. The van der Waals surface area contributed by atoms with E-state index in [9.17, 15) is 4.79 Å². The average Bonchev–Trinajstić information content (AvgIpc) is 3.19. The van der Waals surface area contributed by atoms with E-state index in [2.05, 4.69) is 15.1 Å². The largest absolute Gasteiger partial charge is 0.497 e. The van der Waals surface area contributed by atoms with Crippen LogP contribution in [0.15, 0.2) is 36.4 Å². The molecule has 2 aliphatic rings. The van der Waals surface area contributed by atoms with Crippen molar-refractivity contribution in [3.63, 3.8) is 0 Å². The highest BCUT2D eigenvalue weighted by Crippen LogP contribution is 2.42. The van der Waals surface area contributed by atoms with Gasteiger partial charge in [-0.05, 0) is 49.7 Å². The van der Waals surface area contributed by atoms with Crippen molar-refractivity contribution in [1.82, 2.24) is 10.2 Å². The molecule has 1 aromatic heterocycles. The summed E-state index contributed by atoms with van der Waals surface area (Å²) < 4.78 is 5.20. The molecule has 1 atom stereocenters. The van der Waals surface area contributed by atoms with Crippen molar-refractivity contribution in [1.29, 1.82) is 0 Å². The van der Waals surface area contributed by atoms with Crippen LogP contribution in [0.2, 0.25) is 0 Å². The normalized spacial score (nSPS) is 22.9. The van der Waals surface area contributed by atoms with Gasteiger partial charge in [0.25, 0.3) is 0 Å². The molecule has 0 bridgehead atoms. The summed E-state index contributed by atoms with van der Waals surface area (Å²) in [5.41, 5.74) is 1.86. The number of aromatic nitrogens is 2. The Balaban J connectivity index is 1.50. The monoisotopic (exact) mass is 338 g/mol. The fourth-order valence-electron chi connectivity index (χ4n) is 3.86. The number of benzene rings is 1. The van der Waals surface area contributed by atoms with Crippen LogP contribution in [0.5, 0.6) is 5.75 Å². The summed E-state index contributed by atoms with van der Waals surface area (Å²) in [7, 11) is 1.64. The lowest BCUT2D eigenvalue weighted by Gasteiger charge is -2.24. The van der Waals surface area contributed by atoms with Crippen LogP contribution in [-0.4, -0.2) is 42.8 Å². The smallest absolute Gasteiger partial charge is 0.227 e. The van der Waals surface area contributed by atoms with Crippen molar-refractivity contribution in [2.45, 2.75) is 19.8 Å². The van der Waals surface area contributed by atoms with E-state index >= 15 is 0 Å². The van der Waals surface area contributed by atoms with Crippen LogP contribution in [0.25, 0.3) is 0 Å². The molecule has 0 unspecified atom stereocenters. The van der Waals surface area contributed by atoms with Gasteiger partial charge in [0.15, 0.2) is 5.82 Å². The number of anilines is 2. The van der Waals surface area contributed by atoms with Gasteiger partial charge in [-0.1, -0.05) is 0 Å². The lowest BCUT2D eigenvalue weighted by Crippen LogP contribution is -2.31. The Morgan fingerprint density at radius 3 is 2.56 bits per heavy atom. The predicted octanol–water partition coefficient (Wildman–Crippen LogP) is 2.43. The second-order valence-corrected chi connectivity index (χ2v) is 7.06. The second kappa shape index (κ2) is 6.02. The molecular weight excluding hydrogens is 316 g/mol. The third-order valence-electron chi connectivity index (χ3n) is 5.25. The van der Waals surface area contributed by atoms with Gasteiger partial charge in [-0.25, -0.2) is 0 Å². The Kier molecular flexibility index (Phi) is 3.82. The molecule has 6 nitrogen and oxygen atoms in total. The quantitative estimate of drug-likeness (QED) is 0.860. The van der Waals surface area contributed by atoms with E-state index in [4.69, 9.17) is 4.74 Å². The summed E-state index contributed by atoms with van der Waals surface area (Å²) in [4.78, 5) is 16.8. The minimum atomic E-state index is 0.00355. The Labute approximate surface area is 147 Å². The zero-order valence-electron chi connectivity index (χ0n) is 14.6. The molecule has 0 N–H and O–H groups in total. The number of carbonyl (C=O) groups is 1. The molecular formula is C19H22N4O2. The summed E-state index contributed by atoms with van der Waals surface area (Å²) in [6.45, 7) is 4.46. The van der Waals surface area contributed by atoms with E-state index in [1.807, 2.05) is 48.2 Å². The third-order valence-corrected chi connectivity index (χ3v) is 5.25. The van der Waals surface area contributed by atoms with Crippen LogP contribution < -0.4 is 14.5 Å². The number of ether oxygens (including phenoxy) is 1. The first-order valence-corrected chi connectivity index (χ1v) is 8.58. The molecule has 1 spiro atoms. The average molecular weight is 338 g/mol. The predicted molar refractivity (Wildman–Crippen MR) is 96.0 cm³/mol. The third kappa shape index (κ3) is 2.92. The first-order chi connectivity index (χ1) is 12.1. The van der Waals surface area contributed by atoms with Gasteiger partial charge < -0.3 is 14.5 Å². The molecule has 25 heavy (non-hydrogen) atoms. The topological polar surface area (TPSA) is 58.6 Å². The summed E-state index contributed by atoms with van der Waals surface area (Å²) in [6, 6.07) is 11.7. The molecule has 2 fully saturated rings. The van der Waals surface area contributed by atoms with E-state index in [0.717, 1.165) is 49.0 Å². The van der Waals surface area contributed by atoms with Crippen molar-refractivity contribution in [2.75, 3.05) is 36.5 Å². The summed E-state index contributed by atoms with van der Waals surface area (Å²) in [5, 5.41) is 8.45. The zero-order valence-corrected chi connectivity index (χ0v) is 14.6. The van der Waals surface area contributed by atoms with Crippen molar-refractivity contribution in [2.24, 2.45) is 5.41 Å². The summed E-state index contributed by atoms with van der Waals surface area (Å²) in [6.07, 6.45) is 1.59. The highest BCUT2D eigenvalue weighted by atomic mass is 16.5. The van der Waals surface area contributed by atoms with Crippen molar-refractivity contribution < 1.29 is 9.53 Å². The summed E-state index contributed by atoms with van der Waals surface area (Å²) in [5.74, 6) is 1.90. The fraction of sp³-hybridized carbons (Fsp3) is 0.421. The van der Waals surface area contributed by atoms with Crippen molar-refractivity contribution >= 4 is 17.4 Å². The minimum Gasteiger partial charge on any atom is -0.497 e. The van der Waals surface area contributed by atoms with Crippen molar-refractivity contribution in [3.8, 4) is 5.75 Å². The van der Waals surface area contributed by atoms with E-state index in [1.165, 1.54) is 0 Å². The minimum absolute atomic E-state index is 0.00355. The number of aryl methyl sites for hydroxylation is 1. The standard InChI is InChI=1S/C19H22N4O2/c1-14-3-8-17(21-20-14)22-10-9-19(12-22)11-18(24)23(13-19)15-4-6-16(25-2)7-5-15/h3-8H,9-13H2,1-2H3/t19-/m0/s1. The molecule has 3 heterocycles. The zero-order chi connectivity index (χ0) is 17.4. The Morgan fingerprint density at radius 1 is 1.08 bits per heavy atom. The maximum absolute atomic E-state index is 12.6. The van der Waals surface area contributed by atoms with Gasteiger partial charge in [-0.2, -0.15) is 5.10 Å². The van der Waals surface area contributed by atoms with Gasteiger partial charge in [0.05, 0.1) is 12.8 Å². The van der Waals surface area contributed by atoms with E-state index in [0.29, 0.717) is 6.42 Å².